The van der Waals surface area contributed by atoms with E-state index in [-0.39, 0.29) is 23.1 Å². The Morgan fingerprint density at radius 2 is 2.14 bits per heavy atom. The molecule has 0 saturated heterocycles. The van der Waals surface area contributed by atoms with Crippen LogP contribution in [0.3, 0.4) is 0 Å². The lowest BCUT2D eigenvalue weighted by Crippen LogP contribution is -2.40. The Kier molecular flexibility index (Phi) is 4.73. The van der Waals surface area contributed by atoms with Gasteiger partial charge in [-0.25, -0.2) is 9.18 Å². The Balaban J connectivity index is 2.04. The summed E-state index contributed by atoms with van der Waals surface area (Å²) >= 11 is 0. The van der Waals surface area contributed by atoms with Gasteiger partial charge in [0.05, 0.1) is 0 Å². The number of hydrogen-bond donors (Lipinski definition) is 2. The van der Waals surface area contributed by atoms with Gasteiger partial charge >= 0.3 is 5.97 Å². The van der Waals surface area contributed by atoms with Crippen molar-refractivity contribution in [3.05, 3.63) is 41.2 Å². The fraction of sp³-hybridized carbons (Fsp3) is 0.375. The molecule has 0 bridgehead atoms. The van der Waals surface area contributed by atoms with Gasteiger partial charge in [-0.15, -0.1) is 0 Å². The molecule has 0 aliphatic heterocycles. The first-order chi connectivity index (χ1) is 9.97. The third kappa shape index (κ3) is 3.90. The molecule has 0 spiro atoms. The largest absolute Gasteiger partial charge is 0.478 e. The molecule has 1 amide bonds. The number of aliphatic carboxylic acids is 1. The average molecular weight is 291 g/mol. The molecule has 0 aromatic heterocycles. The molecule has 0 heterocycles. The molecule has 1 fully saturated rings. The van der Waals surface area contributed by atoms with Crippen LogP contribution in [0.15, 0.2) is 24.3 Å². The molecule has 112 valence electrons. The third-order valence-corrected chi connectivity index (χ3v) is 3.88. The van der Waals surface area contributed by atoms with Gasteiger partial charge in [-0.05, 0) is 43.9 Å². The van der Waals surface area contributed by atoms with Crippen molar-refractivity contribution >= 4 is 18.0 Å². The smallest absolute Gasteiger partial charge is 0.328 e. The van der Waals surface area contributed by atoms with Crippen LogP contribution in [0.5, 0.6) is 0 Å². The molecule has 4 nitrogen and oxygen atoms in total. The van der Waals surface area contributed by atoms with E-state index in [0.717, 1.165) is 31.1 Å². The van der Waals surface area contributed by atoms with Crippen molar-refractivity contribution < 1.29 is 19.1 Å². The van der Waals surface area contributed by atoms with Crippen LogP contribution >= 0.6 is 0 Å². The van der Waals surface area contributed by atoms with Gasteiger partial charge in [0.1, 0.15) is 5.82 Å². The van der Waals surface area contributed by atoms with Gasteiger partial charge in [-0.2, -0.15) is 0 Å². The molecule has 1 aliphatic carbocycles. The summed E-state index contributed by atoms with van der Waals surface area (Å²) in [4.78, 5) is 22.4. The van der Waals surface area contributed by atoms with Crippen LogP contribution in [-0.4, -0.2) is 23.0 Å². The number of halogens is 1. The molecule has 1 saturated carbocycles. The SMILES string of the molecule is CC(NC(=O)c1ccc(/C=C/C(=O)O)c(F)c1)C1CCC1. The van der Waals surface area contributed by atoms with Gasteiger partial charge in [0, 0.05) is 23.2 Å². The zero-order valence-electron chi connectivity index (χ0n) is 11.8. The van der Waals surface area contributed by atoms with Crippen LogP contribution in [0.1, 0.15) is 42.1 Å². The van der Waals surface area contributed by atoms with E-state index in [1.54, 1.807) is 0 Å². The van der Waals surface area contributed by atoms with Crippen molar-refractivity contribution in [2.24, 2.45) is 5.92 Å². The van der Waals surface area contributed by atoms with Crippen LogP contribution in [0, 0.1) is 11.7 Å². The first-order valence-electron chi connectivity index (χ1n) is 6.99. The minimum absolute atomic E-state index is 0.0842. The molecule has 0 radical (unpaired) electrons. The molecule has 21 heavy (non-hydrogen) atoms. The van der Waals surface area contributed by atoms with Gasteiger partial charge in [-0.1, -0.05) is 12.5 Å². The fourth-order valence-electron chi connectivity index (χ4n) is 2.31. The summed E-state index contributed by atoms with van der Waals surface area (Å²) < 4.78 is 13.8. The number of benzene rings is 1. The topological polar surface area (TPSA) is 66.4 Å². The van der Waals surface area contributed by atoms with Gasteiger partial charge in [0.15, 0.2) is 0 Å². The molecule has 1 unspecified atom stereocenters. The summed E-state index contributed by atoms with van der Waals surface area (Å²) in [7, 11) is 0. The van der Waals surface area contributed by atoms with Crippen molar-refractivity contribution in [1.29, 1.82) is 0 Å². The first kappa shape index (κ1) is 15.2. The third-order valence-electron chi connectivity index (χ3n) is 3.88. The summed E-state index contributed by atoms with van der Waals surface area (Å²) in [5, 5.41) is 11.4. The Bertz CT molecular complexity index is 579. The number of carbonyl (C=O) groups excluding carboxylic acids is 1. The van der Waals surface area contributed by atoms with E-state index in [4.69, 9.17) is 5.11 Å². The van der Waals surface area contributed by atoms with Crippen LogP contribution < -0.4 is 5.32 Å². The second kappa shape index (κ2) is 6.52. The number of carboxylic acids is 1. The van der Waals surface area contributed by atoms with E-state index >= 15 is 0 Å². The highest BCUT2D eigenvalue weighted by molar-refractivity contribution is 5.94. The van der Waals surface area contributed by atoms with E-state index in [1.807, 2.05) is 6.92 Å². The van der Waals surface area contributed by atoms with E-state index in [2.05, 4.69) is 5.32 Å². The predicted octanol–water partition coefficient (Wildman–Crippen LogP) is 2.84. The molecular formula is C16H18FNO3. The maximum atomic E-state index is 13.8. The number of nitrogens with one attached hydrogen (secondary N) is 1. The maximum absolute atomic E-state index is 13.8. The number of hydrogen-bond acceptors (Lipinski definition) is 2. The Morgan fingerprint density at radius 1 is 1.43 bits per heavy atom. The van der Waals surface area contributed by atoms with Crippen LogP contribution in [0.25, 0.3) is 6.08 Å². The highest BCUT2D eigenvalue weighted by atomic mass is 19.1. The lowest BCUT2D eigenvalue weighted by Gasteiger charge is -2.31. The van der Waals surface area contributed by atoms with E-state index in [9.17, 15) is 14.0 Å². The fourth-order valence-corrected chi connectivity index (χ4v) is 2.31. The molecule has 5 heteroatoms. The summed E-state index contributed by atoms with van der Waals surface area (Å²) in [5.74, 6) is -1.55. The van der Waals surface area contributed by atoms with Crippen molar-refractivity contribution in [2.75, 3.05) is 0 Å². The lowest BCUT2D eigenvalue weighted by molar-refractivity contribution is -0.131. The molecular weight excluding hydrogens is 273 g/mol. The second-order valence-electron chi connectivity index (χ2n) is 5.36. The zero-order valence-corrected chi connectivity index (χ0v) is 11.8. The van der Waals surface area contributed by atoms with Crippen LogP contribution in [0.2, 0.25) is 0 Å². The molecule has 1 aromatic carbocycles. The monoisotopic (exact) mass is 291 g/mol. The summed E-state index contributed by atoms with van der Waals surface area (Å²) in [6.07, 6.45) is 5.46. The average Bonchev–Trinajstić information content (AvgIpc) is 2.34. The standard InChI is InChI=1S/C16H18FNO3/c1-10(11-3-2-4-11)18-16(21)13-6-5-12(14(17)9-13)7-8-15(19)20/h5-11H,2-4H2,1H3,(H,18,21)(H,19,20)/b8-7+. The minimum Gasteiger partial charge on any atom is -0.478 e. The zero-order chi connectivity index (χ0) is 15.4. The molecule has 2 rings (SSSR count). The minimum atomic E-state index is -1.15. The van der Waals surface area contributed by atoms with Gasteiger partial charge in [-0.3, -0.25) is 4.79 Å². The van der Waals surface area contributed by atoms with Gasteiger partial charge in [0.25, 0.3) is 5.91 Å². The van der Waals surface area contributed by atoms with Crippen molar-refractivity contribution in [3.8, 4) is 0 Å². The maximum Gasteiger partial charge on any atom is 0.328 e. The Hall–Kier alpha value is -2.17. The van der Waals surface area contributed by atoms with E-state index < -0.39 is 11.8 Å². The Morgan fingerprint density at radius 3 is 2.67 bits per heavy atom. The number of rotatable bonds is 5. The number of carboxylic acid groups (broad SMARTS) is 1. The highest BCUT2D eigenvalue weighted by Gasteiger charge is 2.25. The van der Waals surface area contributed by atoms with Crippen molar-refractivity contribution in [2.45, 2.75) is 32.2 Å². The van der Waals surface area contributed by atoms with E-state index in [0.29, 0.717) is 5.92 Å². The molecule has 1 atom stereocenters. The predicted molar refractivity (Wildman–Crippen MR) is 77.3 cm³/mol. The van der Waals surface area contributed by atoms with Gasteiger partial charge in [0.2, 0.25) is 0 Å². The molecule has 1 aliphatic rings. The van der Waals surface area contributed by atoms with Crippen LogP contribution in [0.4, 0.5) is 4.39 Å². The summed E-state index contributed by atoms with van der Waals surface area (Å²) in [6.45, 7) is 1.96. The second-order valence-corrected chi connectivity index (χ2v) is 5.36. The van der Waals surface area contributed by atoms with Crippen LogP contribution in [-0.2, 0) is 4.79 Å². The highest BCUT2D eigenvalue weighted by Crippen LogP contribution is 2.29. The normalized spacial score (nSPS) is 16.5. The van der Waals surface area contributed by atoms with Crippen molar-refractivity contribution in [1.82, 2.24) is 5.32 Å². The molecule has 2 N–H and O–H groups in total. The quantitative estimate of drug-likeness (QED) is 0.820. The first-order valence-corrected chi connectivity index (χ1v) is 6.99. The van der Waals surface area contributed by atoms with Crippen molar-refractivity contribution in [3.63, 3.8) is 0 Å². The number of amides is 1. The molecule has 1 aromatic rings. The summed E-state index contributed by atoms with van der Waals surface area (Å²) in [6, 6.07) is 4.11. The van der Waals surface area contributed by atoms with E-state index in [1.165, 1.54) is 18.6 Å². The summed E-state index contributed by atoms with van der Waals surface area (Å²) in [5.41, 5.74) is 0.382. The Labute approximate surface area is 122 Å². The van der Waals surface area contributed by atoms with Gasteiger partial charge < -0.3 is 10.4 Å². The number of carbonyl (C=O) groups is 2. The lowest BCUT2D eigenvalue weighted by atomic mass is 9.80.